The summed E-state index contributed by atoms with van der Waals surface area (Å²) in [6, 6.07) is 0. The highest BCUT2D eigenvalue weighted by Gasteiger charge is 2.20. The fourth-order valence-electron chi connectivity index (χ4n) is 2.27. The molecular weight excluding hydrogens is 232 g/mol. The Morgan fingerprint density at radius 1 is 0.667 bits per heavy atom. The minimum absolute atomic E-state index is 0.488. The topological polar surface area (TPSA) is 36.9 Å². The minimum atomic E-state index is 0.488. The average Bonchev–Trinajstić information content (AvgIpc) is 2.36. The van der Waals surface area contributed by atoms with Gasteiger partial charge in [0.05, 0.1) is 27.4 Å². The Labute approximate surface area is 109 Å². The smallest absolute Gasteiger partial charge is 0.130 e. The molecular formula is C14H22O4. The molecule has 1 rings (SSSR count). The van der Waals surface area contributed by atoms with Crippen molar-refractivity contribution in [2.75, 3.05) is 28.4 Å². The molecule has 1 aromatic rings. The fraction of sp³-hybridized carbons (Fsp3) is 0.571. The number of hydrogen-bond acceptors (Lipinski definition) is 4. The maximum atomic E-state index is 5.53. The molecule has 4 nitrogen and oxygen atoms in total. The van der Waals surface area contributed by atoms with Crippen LogP contribution in [0.3, 0.4) is 0 Å². The van der Waals surface area contributed by atoms with Crippen molar-refractivity contribution in [1.82, 2.24) is 0 Å². The largest absolute Gasteiger partial charge is 0.496 e. The van der Waals surface area contributed by atoms with E-state index >= 15 is 0 Å². The van der Waals surface area contributed by atoms with Gasteiger partial charge in [-0.05, 0) is 13.8 Å². The van der Waals surface area contributed by atoms with Crippen LogP contribution in [0.15, 0.2) is 0 Å². The summed E-state index contributed by atoms with van der Waals surface area (Å²) in [5.41, 5.74) is 4.12. The third-order valence-corrected chi connectivity index (χ3v) is 3.12. The van der Waals surface area contributed by atoms with Crippen molar-refractivity contribution >= 4 is 0 Å². The van der Waals surface area contributed by atoms with Gasteiger partial charge >= 0.3 is 0 Å². The minimum Gasteiger partial charge on any atom is -0.496 e. The van der Waals surface area contributed by atoms with Crippen molar-refractivity contribution in [2.45, 2.75) is 27.1 Å². The highest BCUT2D eigenvalue weighted by Crippen LogP contribution is 2.38. The quantitative estimate of drug-likeness (QED) is 0.782. The van der Waals surface area contributed by atoms with Gasteiger partial charge in [-0.25, -0.2) is 0 Å². The lowest BCUT2D eigenvalue weighted by Crippen LogP contribution is -2.07. The van der Waals surface area contributed by atoms with Gasteiger partial charge in [0, 0.05) is 36.5 Å². The van der Waals surface area contributed by atoms with Gasteiger partial charge < -0.3 is 18.9 Å². The van der Waals surface area contributed by atoms with Crippen LogP contribution < -0.4 is 9.47 Å². The zero-order chi connectivity index (χ0) is 13.7. The number of ether oxygens (including phenoxy) is 4. The Balaban J connectivity index is 3.52. The second-order valence-electron chi connectivity index (χ2n) is 4.14. The molecule has 102 valence electrons. The first-order valence-corrected chi connectivity index (χ1v) is 5.83. The van der Waals surface area contributed by atoms with Crippen molar-refractivity contribution in [2.24, 2.45) is 0 Å². The molecule has 0 bridgehead atoms. The van der Waals surface area contributed by atoms with E-state index in [9.17, 15) is 0 Å². The van der Waals surface area contributed by atoms with E-state index in [0.29, 0.717) is 13.2 Å². The summed E-state index contributed by atoms with van der Waals surface area (Å²) < 4.78 is 21.5. The first kappa shape index (κ1) is 14.8. The predicted molar refractivity (Wildman–Crippen MR) is 70.4 cm³/mol. The number of hydrogen-bond donors (Lipinski definition) is 0. The van der Waals surface area contributed by atoms with Gasteiger partial charge in [0.2, 0.25) is 0 Å². The molecule has 1 aromatic carbocycles. The molecule has 0 heterocycles. The number of rotatable bonds is 6. The molecule has 0 aliphatic heterocycles. The van der Waals surface area contributed by atoms with Crippen molar-refractivity contribution in [1.29, 1.82) is 0 Å². The first-order chi connectivity index (χ1) is 8.62. The van der Waals surface area contributed by atoms with Gasteiger partial charge in [0.25, 0.3) is 0 Å². The SMILES string of the molecule is COCc1c(C)c(OC)c(C)c(COC)c1OC. The molecule has 0 atom stereocenters. The van der Waals surface area contributed by atoms with E-state index in [0.717, 1.165) is 33.8 Å². The predicted octanol–water partition coefficient (Wildman–Crippen LogP) is 2.61. The van der Waals surface area contributed by atoms with Gasteiger partial charge in [-0.1, -0.05) is 0 Å². The van der Waals surface area contributed by atoms with Crippen LogP contribution in [-0.4, -0.2) is 28.4 Å². The molecule has 0 spiro atoms. The third kappa shape index (κ3) is 2.60. The van der Waals surface area contributed by atoms with E-state index in [2.05, 4.69) is 0 Å². The van der Waals surface area contributed by atoms with Crippen LogP contribution in [0.25, 0.3) is 0 Å². The molecule has 0 aliphatic rings. The normalized spacial score (nSPS) is 10.6. The third-order valence-electron chi connectivity index (χ3n) is 3.12. The van der Waals surface area contributed by atoms with Gasteiger partial charge in [-0.15, -0.1) is 0 Å². The standard InChI is InChI=1S/C14H22O4/c1-9-11(7-15-3)14(18-6)12(8-16-4)10(2)13(9)17-5/h7-8H2,1-6H3. The lowest BCUT2D eigenvalue weighted by Gasteiger charge is -2.21. The summed E-state index contributed by atoms with van der Waals surface area (Å²) in [5, 5.41) is 0. The highest BCUT2D eigenvalue weighted by molar-refractivity contribution is 5.58. The second kappa shape index (κ2) is 6.61. The van der Waals surface area contributed by atoms with Crippen LogP contribution >= 0.6 is 0 Å². The highest BCUT2D eigenvalue weighted by atomic mass is 16.5. The lowest BCUT2D eigenvalue weighted by atomic mass is 9.97. The van der Waals surface area contributed by atoms with E-state index in [1.807, 2.05) is 13.8 Å². The maximum absolute atomic E-state index is 5.53. The van der Waals surface area contributed by atoms with E-state index in [1.54, 1.807) is 28.4 Å². The molecule has 0 fully saturated rings. The van der Waals surface area contributed by atoms with E-state index < -0.39 is 0 Å². The number of methoxy groups -OCH3 is 4. The number of benzene rings is 1. The zero-order valence-corrected chi connectivity index (χ0v) is 12.0. The summed E-state index contributed by atoms with van der Waals surface area (Å²) in [5.74, 6) is 1.70. The molecule has 0 unspecified atom stereocenters. The van der Waals surface area contributed by atoms with E-state index in [-0.39, 0.29) is 0 Å². The Hall–Kier alpha value is -1.26. The molecule has 18 heavy (non-hydrogen) atoms. The lowest BCUT2D eigenvalue weighted by molar-refractivity contribution is 0.172. The van der Waals surface area contributed by atoms with Gasteiger partial charge in [0.1, 0.15) is 11.5 Å². The van der Waals surface area contributed by atoms with Gasteiger partial charge in [0.15, 0.2) is 0 Å². The van der Waals surface area contributed by atoms with Crippen LogP contribution in [0.5, 0.6) is 11.5 Å². The van der Waals surface area contributed by atoms with Crippen molar-refractivity contribution in [3.05, 3.63) is 22.3 Å². The van der Waals surface area contributed by atoms with Crippen LogP contribution in [0, 0.1) is 13.8 Å². The summed E-state index contributed by atoms with van der Waals surface area (Å²) in [6.45, 7) is 5.00. The summed E-state index contributed by atoms with van der Waals surface area (Å²) in [6.07, 6.45) is 0. The molecule has 0 aromatic heterocycles. The fourth-order valence-corrected chi connectivity index (χ4v) is 2.27. The molecule has 0 saturated heterocycles. The van der Waals surface area contributed by atoms with Crippen LogP contribution in [0.1, 0.15) is 22.3 Å². The van der Waals surface area contributed by atoms with E-state index in [1.165, 1.54) is 0 Å². The first-order valence-electron chi connectivity index (χ1n) is 5.83. The van der Waals surface area contributed by atoms with Crippen molar-refractivity contribution in [3.8, 4) is 11.5 Å². The summed E-state index contributed by atoms with van der Waals surface area (Å²) >= 11 is 0. The monoisotopic (exact) mass is 254 g/mol. The maximum Gasteiger partial charge on any atom is 0.130 e. The van der Waals surface area contributed by atoms with Crippen LogP contribution in [-0.2, 0) is 22.7 Å². The average molecular weight is 254 g/mol. The van der Waals surface area contributed by atoms with E-state index in [4.69, 9.17) is 18.9 Å². The molecule has 0 amide bonds. The van der Waals surface area contributed by atoms with Crippen LogP contribution in [0.4, 0.5) is 0 Å². The molecule has 0 aliphatic carbocycles. The summed E-state index contributed by atoms with van der Waals surface area (Å²) in [4.78, 5) is 0. The molecule has 0 radical (unpaired) electrons. The Morgan fingerprint density at radius 3 is 1.33 bits per heavy atom. The van der Waals surface area contributed by atoms with Crippen molar-refractivity contribution in [3.63, 3.8) is 0 Å². The molecule has 4 heteroatoms. The van der Waals surface area contributed by atoms with Gasteiger partial charge in [-0.2, -0.15) is 0 Å². The van der Waals surface area contributed by atoms with Gasteiger partial charge in [-0.3, -0.25) is 0 Å². The Kier molecular flexibility index (Phi) is 5.44. The Bertz CT molecular complexity index is 380. The van der Waals surface area contributed by atoms with Crippen molar-refractivity contribution < 1.29 is 18.9 Å². The second-order valence-corrected chi connectivity index (χ2v) is 4.14. The molecule has 0 N–H and O–H groups in total. The summed E-state index contributed by atoms with van der Waals surface area (Å²) in [7, 11) is 6.68. The van der Waals surface area contributed by atoms with Crippen LogP contribution in [0.2, 0.25) is 0 Å². The zero-order valence-electron chi connectivity index (χ0n) is 12.0. The molecule has 0 saturated carbocycles. The Morgan fingerprint density at radius 2 is 1.06 bits per heavy atom.